The molecule has 1 N–H and O–H groups in total. The third-order valence-corrected chi connectivity index (χ3v) is 2.14. The number of rotatable bonds is 2. The lowest BCUT2D eigenvalue weighted by molar-refractivity contribution is 0.237. The number of hydrogen-bond donors (Lipinski definition) is 1. The van der Waals surface area contributed by atoms with Crippen LogP contribution in [-0.2, 0) is 0 Å². The van der Waals surface area contributed by atoms with E-state index >= 15 is 0 Å². The van der Waals surface area contributed by atoms with Gasteiger partial charge in [0.1, 0.15) is 0 Å². The van der Waals surface area contributed by atoms with Crippen molar-refractivity contribution in [1.82, 2.24) is 10.2 Å². The summed E-state index contributed by atoms with van der Waals surface area (Å²) in [6, 6.07) is 0. The van der Waals surface area contributed by atoms with Crippen LogP contribution in [0.2, 0.25) is 0 Å². The van der Waals surface area contributed by atoms with E-state index in [0.29, 0.717) is 0 Å². The van der Waals surface area contributed by atoms with Crippen LogP contribution in [0.5, 0.6) is 0 Å². The highest BCUT2D eigenvalue weighted by Gasteiger charge is 2.16. The summed E-state index contributed by atoms with van der Waals surface area (Å²) in [5, 5.41) is 3.35. The first-order chi connectivity index (χ1) is 4.95. The molecule has 1 fully saturated rings. The molecule has 2 rings (SSSR count). The van der Waals surface area contributed by atoms with Crippen LogP contribution >= 0.6 is 0 Å². The summed E-state index contributed by atoms with van der Waals surface area (Å²) in [6.45, 7) is 6.08. The van der Waals surface area contributed by atoms with Gasteiger partial charge in [-0.2, -0.15) is 0 Å². The summed E-state index contributed by atoms with van der Waals surface area (Å²) in [5.74, 6) is 0.818. The summed E-state index contributed by atoms with van der Waals surface area (Å²) >= 11 is 0. The second-order valence-corrected chi connectivity index (χ2v) is 3.10. The average molecular weight is 138 g/mol. The zero-order valence-corrected chi connectivity index (χ0v) is 6.21. The molecule has 0 aromatic rings. The molecule has 0 amide bonds. The predicted molar refractivity (Wildman–Crippen MR) is 41.9 cm³/mol. The number of piperazine rings is 1. The monoisotopic (exact) mass is 138 g/mol. The fourth-order valence-corrected chi connectivity index (χ4v) is 1.39. The molecule has 1 heterocycles. The molecule has 0 spiro atoms. The molecular weight excluding hydrogens is 124 g/mol. The minimum Gasteiger partial charge on any atom is -0.314 e. The number of nitrogens with one attached hydrogen (secondary N) is 1. The van der Waals surface area contributed by atoms with Gasteiger partial charge < -0.3 is 5.32 Å². The van der Waals surface area contributed by atoms with Crippen LogP contribution in [-0.4, -0.2) is 37.6 Å². The topological polar surface area (TPSA) is 15.3 Å². The van der Waals surface area contributed by atoms with Crippen molar-refractivity contribution in [3.63, 3.8) is 0 Å². The predicted octanol–water partition coefficient (Wildman–Crippen LogP) is 0.0776. The Kier molecular flexibility index (Phi) is 1.74. The lowest BCUT2D eigenvalue weighted by atomic mass is 10.3. The van der Waals surface area contributed by atoms with Crippen molar-refractivity contribution in [3.8, 4) is 0 Å². The molecule has 0 unspecified atom stereocenters. The Morgan fingerprint density at radius 3 is 2.60 bits per heavy atom. The maximum absolute atomic E-state index is 3.35. The van der Waals surface area contributed by atoms with Gasteiger partial charge >= 0.3 is 0 Å². The molecule has 0 aromatic carbocycles. The van der Waals surface area contributed by atoms with Gasteiger partial charge in [-0.15, -0.1) is 0 Å². The van der Waals surface area contributed by atoms with Crippen LogP contribution < -0.4 is 5.32 Å². The zero-order valence-electron chi connectivity index (χ0n) is 6.21. The molecule has 2 nitrogen and oxygen atoms in total. The van der Waals surface area contributed by atoms with E-state index in [0.717, 1.165) is 5.92 Å². The molecule has 10 heavy (non-hydrogen) atoms. The van der Waals surface area contributed by atoms with Crippen molar-refractivity contribution in [2.24, 2.45) is 5.92 Å². The molecule has 0 radical (unpaired) electrons. The highest BCUT2D eigenvalue weighted by molar-refractivity contribution is 5.14. The van der Waals surface area contributed by atoms with Gasteiger partial charge in [-0.1, -0.05) is 12.2 Å². The third kappa shape index (κ3) is 1.58. The fraction of sp³-hybridized carbons (Fsp3) is 0.750. The molecule has 0 aromatic heterocycles. The Labute approximate surface area is 61.9 Å². The van der Waals surface area contributed by atoms with Gasteiger partial charge in [-0.3, -0.25) is 4.90 Å². The van der Waals surface area contributed by atoms with E-state index in [2.05, 4.69) is 22.4 Å². The van der Waals surface area contributed by atoms with Crippen LogP contribution in [0, 0.1) is 5.92 Å². The van der Waals surface area contributed by atoms with E-state index < -0.39 is 0 Å². The number of nitrogens with zero attached hydrogens (tertiary/aromatic N) is 1. The fourth-order valence-electron chi connectivity index (χ4n) is 1.39. The molecule has 1 saturated heterocycles. The Morgan fingerprint density at radius 2 is 2.00 bits per heavy atom. The lowest BCUT2D eigenvalue weighted by Crippen LogP contribution is -2.44. The lowest BCUT2D eigenvalue weighted by Gasteiger charge is -2.26. The van der Waals surface area contributed by atoms with Crippen molar-refractivity contribution in [3.05, 3.63) is 12.2 Å². The highest BCUT2D eigenvalue weighted by Crippen LogP contribution is 2.16. The standard InChI is InChI=1S/C8H14N2/c1-2-8(1)7-10-5-3-9-4-6-10/h1-2,8-9H,3-7H2. The molecule has 0 atom stereocenters. The van der Waals surface area contributed by atoms with Crippen LogP contribution in [0.25, 0.3) is 0 Å². The minimum absolute atomic E-state index is 0.818. The molecule has 0 bridgehead atoms. The average Bonchev–Trinajstić information content (AvgIpc) is 2.74. The third-order valence-electron chi connectivity index (χ3n) is 2.14. The van der Waals surface area contributed by atoms with Crippen LogP contribution in [0.3, 0.4) is 0 Å². The zero-order chi connectivity index (χ0) is 6.81. The molecule has 1 aliphatic heterocycles. The van der Waals surface area contributed by atoms with Gasteiger partial charge in [-0.05, 0) is 0 Å². The van der Waals surface area contributed by atoms with E-state index in [1.54, 1.807) is 0 Å². The maximum atomic E-state index is 3.35. The Bertz CT molecular complexity index is 130. The molecule has 2 aliphatic rings. The molecule has 56 valence electrons. The van der Waals surface area contributed by atoms with E-state index in [9.17, 15) is 0 Å². The summed E-state index contributed by atoms with van der Waals surface area (Å²) in [5.41, 5.74) is 0. The maximum Gasteiger partial charge on any atom is 0.0108 e. The first kappa shape index (κ1) is 6.38. The van der Waals surface area contributed by atoms with Gasteiger partial charge in [0.05, 0.1) is 0 Å². The normalized spacial score (nSPS) is 27.2. The SMILES string of the molecule is C1=CC1CN1CCNCC1. The summed E-state index contributed by atoms with van der Waals surface area (Å²) in [4.78, 5) is 2.53. The van der Waals surface area contributed by atoms with Gasteiger partial charge in [-0.25, -0.2) is 0 Å². The van der Waals surface area contributed by atoms with Crippen molar-refractivity contribution < 1.29 is 0 Å². The molecular formula is C8H14N2. The summed E-state index contributed by atoms with van der Waals surface area (Å²) in [7, 11) is 0. The van der Waals surface area contributed by atoms with Crippen LogP contribution in [0.15, 0.2) is 12.2 Å². The van der Waals surface area contributed by atoms with Crippen LogP contribution in [0.4, 0.5) is 0 Å². The quantitative estimate of drug-likeness (QED) is 0.543. The molecule has 0 saturated carbocycles. The van der Waals surface area contributed by atoms with Crippen molar-refractivity contribution >= 4 is 0 Å². The van der Waals surface area contributed by atoms with E-state index in [1.807, 2.05) is 0 Å². The molecule has 2 heteroatoms. The second-order valence-electron chi connectivity index (χ2n) is 3.10. The summed E-state index contributed by atoms with van der Waals surface area (Å²) in [6.07, 6.45) is 4.56. The second kappa shape index (κ2) is 2.72. The van der Waals surface area contributed by atoms with Gasteiger partial charge in [0.2, 0.25) is 0 Å². The minimum atomic E-state index is 0.818. The van der Waals surface area contributed by atoms with Gasteiger partial charge in [0.15, 0.2) is 0 Å². The Hall–Kier alpha value is -0.340. The van der Waals surface area contributed by atoms with E-state index in [-0.39, 0.29) is 0 Å². The Balaban J connectivity index is 1.69. The van der Waals surface area contributed by atoms with Crippen molar-refractivity contribution in [2.45, 2.75) is 0 Å². The smallest absolute Gasteiger partial charge is 0.0108 e. The van der Waals surface area contributed by atoms with E-state index in [4.69, 9.17) is 0 Å². The van der Waals surface area contributed by atoms with Crippen molar-refractivity contribution in [2.75, 3.05) is 32.7 Å². The van der Waals surface area contributed by atoms with E-state index in [1.165, 1.54) is 32.7 Å². The molecule has 1 aliphatic carbocycles. The Morgan fingerprint density at radius 1 is 1.30 bits per heavy atom. The first-order valence-corrected chi connectivity index (χ1v) is 4.06. The van der Waals surface area contributed by atoms with Gasteiger partial charge in [0.25, 0.3) is 0 Å². The van der Waals surface area contributed by atoms with Crippen molar-refractivity contribution in [1.29, 1.82) is 0 Å². The summed E-state index contributed by atoms with van der Waals surface area (Å²) < 4.78 is 0. The highest BCUT2D eigenvalue weighted by atomic mass is 15.2. The van der Waals surface area contributed by atoms with Crippen LogP contribution in [0.1, 0.15) is 0 Å². The number of hydrogen-bond acceptors (Lipinski definition) is 2. The largest absolute Gasteiger partial charge is 0.314 e. The first-order valence-electron chi connectivity index (χ1n) is 4.06. The van der Waals surface area contributed by atoms with Gasteiger partial charge in [0, 0.05) is 38.6 Å².